The van der Waals surface area contributed by atoms with Gasteiger partial charge in [0, 0.05) is 33.6 Å². The molecule has 2 aromatic carbocycles. The molecule has 1 aliphatic heterocycles. The zero-order valence-electron chi connectivity index (χ0n) is 30.5. The molecule has 2 aromatic rings. The number of amides is 2. The van der Waals surface area contributed by atoms with Crippen molar-refractivity contribution in [3.05, 3.63) is 59.7 Å². The topological polar surface area (TPSA) is 213 Å². The Morgan fingerprint density at radius 1 is 0.717 bits per heavy atom. The lowest BCUT2D eigenvalue weighted by Gasteiger charge is -2.48. The van der Waals surface area contributed by atoms with Crippen molar-refractivity contribution in [2.24, 2.45) is 5.73 Å². The molecule has 0 bridgehead atoms. The third-order valence-electron chi connectivity index (χ3n) is 8.20. The number of hydrogen-bond donors (Lipinski definition) is 1. The van der Waals surface area contributed by atoms with E-state index in [0.29, 0.717) is 4.90 Å². The van der Waals surface area contributed by atoms with Crippen molar-refractivity contribution >= 4 is 41.8 Å². The van der Waals surface area contributed by atoms with Gasteiger partial charge in [-0.3, -0.25) is 28.9 Å². The number of carbonyl (C=O) groups excluding carboxylic acids is 7. The molecule has 2 N–H and O–H groups in total. The Hall–Kier alpha value is -5.51. The highest BCUT2D eigenvalue weighted by Gasteiger charge is 2.57. The number of nitrogens with two attached hydrogens (primary N) is 1. The van der Waals surface area contributed by atoms with Crippen molar-refractivity contribution in [1.29, 1.82) is 0 Å². The summed E-state index contributed by atoms with van der Waals surface area (Å²) in [6, 6.07) is 13.2. The molecule has 6 atom stereocenters. The number of nitrogens with zero attached hydrogens (tertiary/aromatic N) is 1. The largest absolute Gasteiger partial charge is 0.463 e. The lowest BCUT2D eigenvalue weighted by molar-refractivity contribution is -0.277. The predicted molar refractivity (Wildman–Crippen MR) is 182 cm³/mol. The van der Waals surface area contributed by atoms with E-state index in [1.807, 2.05) is 48.5 Å². The van der Waals surface area contributed by atoms with Crippen LogP contribution in [0.3, 0.4) is 0 Å². The Kier molecular flexibility index (Phi) is 12.8. The zero-order chi connectivity index (χ0) is 39.2. The van der Waals surface area contributed by atoms with Gasteiger partial charge in [0.2, 0.25) is 5.91 Å². The number of benzene rings is 2. The zero-order valence-corrected chi connectivity index (χ0v) is 30.5. The Labute approximate surface area is 306 Å². The number of carbonyl (C=O) groups is 7. The quantitative estimate of drug-likeness (QED) is 0.245. The number of rotatable bonds is 12. The van der Waals surface area contributed by atoms with Crippen LogP contribution in [0.5, 0.6) is 0 Å². The van der Waals surface area contributed by atoms with Gasteiger partial charge in [-0.15, -0.1) is 0 Å². The first-order valence-corrected chi connectivity index (χ1v) is 16.8. The van der Waals surface area contributed by atoms with Crippen molar-refractivity contribution in [1.82, 2.24) is 4.90 Å². The minimum absolute atomic E-state index is 0.272. The highest BCUT2D eigenvalue weighted by molar-refractivity contribution is 5.88. The molecule has 53 heavy (non-hydrogen) atoms. The molecule has 286 valence electrons. The van der Waals surface area contributed by atoms with E-state index in [1.54, 1.807) is 20.8 Å². The van der Waals surface area contributed by atoms with Crippen molar-refractivity contribution in [3.63, 3.8) is 0 Å². The smallest absolute Gasteiger partial charge is 0.412 e. The van der Waals surface area contributed by atoms with E-state index >= 15 is 0 Å². The maximum atomic E-state index is 14.6. The van der Waals surface area contributed by atoms with Crippen molar-refractivity contribution < 1.29 is 66.7 Å². The van der Waals surface area contributed by atoms with E-state index in [4.69, 9.17) is 38.9 Å². The van der Waals surface area contributed by atoms with Crippen LogP contribution in [0.4, 0.5) is 4.79 Å². The van der Waals surface area contributed by atoms with Gasteiger partial charge in [-0.1, -0.05) is 48.5 Å². The van der Waals surface area contributed by atoms with Crippen LogP contribution in [-0.2, 0) is 61.9 Å². The number of fused-ring (bicyclic) bond motifs is 3. The number of ether oxygens (including phenoxy) is 7. The highest BCUT2D eigenvalue weighted by Crippen LogP contribution is 2.45. The van der Waals surface area contributed by atoms with Crippen LogP contribution in [0.15, 0.2) is 48.5 Å². The fourth-order valence-corrected chi connectivity index (χ4v) is 6.36. The first kappa shape index (κ1) is 40.3. The summed E-state index contributed by atoms with van der Waals surface area (Å²) >= 11 is 0. The molecule has 0 unspecified atom stereocenters. The van der Waals surface area contributed by atoms with E-state index in [2.05, 4.69) is 0 Å². The second-order valence-corrected chi connectivity index (χ2v) is 13.5. The summed E-state index contributed by atoms with van der Waals surface area (Å²) in [6.07, 6.45) is -10.6. The van der Waals surface area contributed by atoms with Gasteiger partial charge in [-0.2, -0.15) is 0 Å². The molecule has 1 heterocycles. The summed E-state index contributed by atoms with van der Waals surface area (Å²) in [4.78, 5) is 91.0. The molecule has 4 rings (SSSR count). The maximum absolute atomic E-state index is 14.6. The number of esters is 5. The summed E-state index contributed by atoms with van der Waals surface area (Å²) in [5.41, 5.74) is 8.05. The summed E-state index contributed by atoms with van der Waals surface area (Å²) in [7, 11) is 0. The van der Waals surface area contributed by atoms with Crippen LogP contribution >= 0.6 is 0 Å². The van der Waals surface area contributed by atoms with Gasteiger partial charge in [0.1, 0.15) is 31.0 Å². The predicted octanol–water partition coefficient (Wildman–Crippen LogP) is 2.91. The molecule has 1 fully saturated rings. The highest BCUT2D eigenvalue weighted by atomic mass is 16.7. The normalized spacial score (nSPS) is 21.2. The molecule has 2 amide bonds. The molecule has 1 saturated heterocycles. The van der Waals surface area contributed by atoms with Gasteiger partial charge in [0.25, 0.3) is 0 Å². The van der Waals surface area contributed by atoms with E-state index in [0.717, 1.165) is 49.9 Å². The van der Waals surface area contributed by atoms with Crippen molar-refractivity contribution in [2.75, 3.05) is 13.2 Å². The molecule has 0 spiro atoms. The van der Waals surface area contributed by atoms with Crippen molar-refractivity contribution in [2.45, 2.75) is 103 Å². The average Bonchev–Trinajstić information content (AvgIpc) is 3.37. The summed E-state index contributed by atoms with van der Waals surface area (Å²) in [5, 5.41) is 0. The molecule has 16 heteroatoms. The number of hydrogen-bond acceptors (Lipinski definition) is 14. The monoisotopic (exact) mass is 740 g/mol. The Morgan fingerprint density at radius 2 is 1.23 bits per heavy atom. The molecule has 2 aliphatic rings. The van der Waals surface area contributed by atoms with Crippen LogP contribution in [0.1, 0.15) is 71.9 Å². The Morgan fingerprint density at radius 3 is 1.72 bits per heavy atom. The van der Waals surface area contributed by atoms with Crippen LogP contribution < -0.4 is 5.73 Å². The van der Waals surface area contributed by atoms with Gasteiger partial charge in [-0.05, 0) is 43.0 Å². The van der Waals surface area contributed by atoms with Crippen LogP contribution in [0.25, 0.3) is 11.1 Å². The van der Waals surface area contributed by atoms with E-state index < -0.39 is 103 Å². The SMILES string of the molecule is CC(=O)OC[C@H]1O[C@@H](N(C(=O)OCC2c3ccccc3-c3ccccc32)[C@@H](CC(N)=O)C(=O)OC(C)(C)C)[C@H](OC(C)=O)[C@@H](OC(C)=O)[C@H]1OC(C)=O. The van der Waals surface area contributed by atoms with Gasteiger partial charge in [-0.25, -0.2) is 9.59 Å². The van der Waals surface area contributed by atoms with Crippen LogP contribution in [-0.4, -0.2) is 102 Å². The molecular weight excluding hydrogens is 696 g/mol. The van der Waals surface area contributed by atoms with Crippen molar-refractivity contribution in [3.8, 4) is 11.1 Å². The maximum Gasteiger partial charge on any atom is 0.412 e. The molecule has 16 nitrogen and oxygen atoms in total. The lowest BCUT2D eigenvalue weighted by Crippen LogP contribution is -2.69. The van der Waals surface area contributed by atoms with E-state index in [1.165, 1.54) is 0 Å². The average molecular weight is 741 g/mol. The Bertz CT molecular complexity index is 1690. The fraction of sp³-hybridized carbons (Fsp3) is 0.486. The third kappa shape index (κ3) is 10.1. The minimum atomic E-state index is -1.93. The summed E-state index contributed by atoms with van der Waals surface area (Å²) in [5.74, 6) is -6.15. The van der Waals surface area contributed by atoms with E-state index in [-0.39, 0.29) is 6.61 Å². The third-order valence-corrected chi connectivity index (χ3v) is 8.20. The van der Waals surface area contributed by atoms with E-state index in [9.17, 15) is 33.6 Å². The second kappa shape index (κ2) is 16.9. The molecule has 0 saturated carbocycles. The summed E-state index contributed by atoms with van der Waals surface area (Å²) < 4.78 is 39.5. The lowest BCUT2D eigenvalue weighted by atomic mass is 9.95. The summed E-state index contributed by atoms with van der Waals surface area (Å²) in [6.45, 7) is 7.96. The second-order valence-electron chi connectivity index (χ2n) is 13.5. The molecule has 0 aromatic heterocycles. The fourth-order valence-electron chi connectivity index (χ4n) is 6.36. The van der Waals surface area contributed by atoms with Gasteiger partial charge in [0.05, 0.1) is 6.42 Å². The first-order valence-electron chi connectivity index (χ1n) is 16.8. The van der Waals surface area contributed by atoms with Gasteiger partial charge < -0.3 is 38.9 Å². The number of primary amides is 1. The molecule has 0 radical (unpaired) electrons. The minimum Gasteiger partial charge on any atom is -0.463 e. The van der Waals surface area contributed by atoms with Gasteiger partial charge in [0.15, 0.2) is 24.5 Å². The standard InChI is InChI=1S/C37H44N2O14/c1-19(40)47-18-29-31(49-20(2)41)32(50-21(3)42)33(51-22(4)43)34(52-29)39(28(16-30(38)44)35(45)53-37(5,6)7)36(46)48-17-27-25-14-10-8-12-23(25)24-13-9-11-15-26(24)27/h8-15,27-29,31-34H,16-18H2,1-7H3,(H2,38,44)/t28-,29+,31-,32-,33+,34+/m0/s1. The van der Waals surface area contributed by atoms with Gasteiger partial charge >= 0.3 is 35.9 Å². The molecular formula is C37H44N2O14. The van der Waals surface area contributed by atoms with Crippen LogP contribution in [0, 0.1) is 0 Å². The molecule has 1 aliphatic carbocycles. The Balaban J connectivity index is 1.87. The van der Waals surface area contributed by atoms with Crippen LogP contribution in [0.2, 0.25) is 0 Å². The first-order chi connectivity index (χ1) is 24.9.